The van der Waals surface area contributed by atoms with Crippen molar-refractivity contribution in [3.05, 3.63) is 78.0 Å². The van der Waals surface area contributed by atoms with Gasteiger partial charge < -0.3 is 15.0 Å². The number of hydrogen-bond acceptors (Lipinski definition) is 3. The summed E-state index contributed by atoms with van der Waals surface area (Å²) in [6.07, 6.45) is 4.43. The highest BCUT2D eigenvalue weighted by molar-refractivity contribution is 7.80. The first-order valence-electron chi connectivity index (χ1n) is 9.09. The van der Waals surface area contributed by atoms with Crippen molar-refractivity contribution in [1.29, 1.82) is 0 Å². The van der Waals surface area contributed by atoms with Crippen LogP contribution in [0.1, 0.15) is 16.8 Å². The van der Waals surface area contributed by atoms with Gasteiger partial charge in [0.05, 0.1) is 12.8 Å². The molecular weight excluding hydrogens is 368 g/mol. The maximum atomic E-state index is 6.07. The fourth-order valence-corrected chi connectivity index (χ4v) is 3.34. The van der Waals surface area contributed by atoms with Gasteiger partial charge in [0, 0.05) is 22.2 Å². The van der Waals surface area contributed by atoms with Crippen LogP contribution in [0, 0.1) is 6.92 Å². The number of hydrazone groups is 1. The smallest absolute Gasteiger partial charge is 0.184 e. The number of aromatic nitrogens is 1. The van der Waals surface area contributed by atoms with E-state index >= 15 is 0 Å². The summed E-state index contributed by atoms with van der Waals surface area (Å²) in [5.41, 5.74) is 12.5. The largest absolute Gasteiger partial charge is 0.491 e. The summed E-state index contributed by atoms with van der Waals surface area (Å²) < 4.78 is 8.31. The maximum Gasteiger partial charge on any atom is 0.184 e. The third-order valence-electron chi connectivity index (χ3n) is 4.56. The Bertz CT molecular complexity index is 1020. The number of allylic oxidation sites excluding steroid dienone is 1. The molecule has 2 aromatic carbocycles. The van der Waals surface area contributed by atoms with E-state index in [0.29, 0.717) is 6.61 Å². The van der Waals surface area contributed by atoms with Crippen LogP contribution in [0.25, 0.3) is 10.9 Å². The van der Waals surface area contributed by atoms with Crippen molar-refractivity contribution in [3.8, 4) is 5.75 Å². The van der Waals surface area contributed by atoms with Gasteiger partial charge in [-0.15, -0.1) is 6.58 Å². The molecule has 3 rings (SSSR count). The zero-order chi connectivity index (χ0) is 19.9. The van der Waals surface area contributed by atoms with Crippen molar-refractivity contribution < 1.29 is 4.74 Å². The molecule has 3 N–H and O–H groups in total. The van der Waals surface area contributed by atoms with Crippen molar-refractivity contribution in [1.82, 2.24) is 9.99 Å². The number of nitrogens with two attached hydrogens (primary N) is 1. The standard InChI is InChI=1S/C22H24N4OS/c1-3-8-17-9-4-7-12-21(17)27-14-13-26-16(2)19(15-24-25-22(23)28)18-10-5-6-11-20(18)26/h3-7,9-12,15H,1,8,13-14H2,2H3,(H3,23,25,28)/b24-15+. The van der Waals surface area contributed by atoms with Crippen molar-refractivity contribution in [2.45, 2.75) is 19.9 Å². The third kappa shape index (κ3) is 4.40. The topological polar surface area (TPSA) is 64.6 Å². The maximum absolute atomic E-state index is 6.07. The van der Waals surface area contributed by atoms with E-state index in [-0.39, 0.29) is 5.11 Å². The number of para-hydroxylation sites is 2. The van der Waals surface area contributed by atoms with E-state index in [1.165, 1.54) is 0 Å². The van der Waals surface area contributed by atoms with Gasteiger partial charge in [-0.2, -0.15) is 5.10 Å². The van der Waals surface area contributed by atoms with Crippen molar-refractivity contribution in [3.63, 3.8) is 0 Å². The van der Waals surface area contributed by atoms with E-state index in [2.05, 4.69) is 46.8 Å². The highest BCUT2D eigenvalue weighted by atomic mass is 32.1. The highest BCUT2D eigenvalue weighted by Gasteiger charge is 2.12. The molecule has 6 heteroatoms. The molecule has 0 amide bonds. The summed E-state index contributed by atoms with van der Waals surface area (Å²) in [5.74, 6) is 0.902. The number of hydrogen-bond donors (Lipinski definition) is 2. The molecule has 0 unspecified atom stereocenters. The Balaban J connectivity index is 1.82. The molecule has 144 valence electrons. The van der Waals surface area contributed by atoms with E-state index in [4.69, 9.17) is 22.7 Å². The second kappa shape index (κ2) is 9.19. The second-order valence-corrected chi connectivity index (χ2v) is 6.79. The SMILES string of the molecule is C=CCc1ccccc1OCCn1c(C)c(/C=N/NC(N)=S)c2ccccc21. The Hall–Kier alpha value is -3.12. The van der Waals surface area contributed by atoms with E-state index in [1.54, 1.807) is 6.21 Å². The molecule has 0 aliphatic carbocycles. The normalized spacial score (nSPS) is 11.0. The minimum Gasteiger partial charge on any atom is -0.491 e. The van der Waals surface area contributed by atoms with Gasteiger partial charge in [-0.1, -0.05) is 42.5 Å². The summed E-state index contributed by atoms with van der Waals surface area (Å²) in [5, 5.41) is 5.40. The van der Waals surface area contributed by atoms with Crippen LogP contribution in [0.2, 0.25) is 0 Å². The first-order valence-corrected chi connectivity index (χ1v) is 9.50. The van der Waals surface area contributed by atoms with Crippen molar-refractivity contribution in [2.75, 3.05) is 6.61 Å². The van der Waals surface area contributed by atoms with Gasteiger partial charge in [0.15, 0.2) is 5.11 Å². The molecule has 28 heavy (non-hydrogen) atoms. The molecule has 0 aliphatic heterocycles. The van der Waals surface area contributed by atoms with Gasteiger partial charge in [-0.05, 0) is 43.3 Å². The lowest BCUT2D eigenvalue weighted by atomic mass is 10.1. The summed E-state index contributed by atoms with van der Waals surface area (Å²) in [4.78, 5) is 0. The summed E-state index contributed by atoms with van der Waals surface area (Å²) in [6.45, 7) is 7.19. The molecule has 0 saturated heterocycles. The van der Waals surface area contributed by atoms with Crippen LogP contribution in [0.4, 0.5) is 0 Å². The zero-order valence-electron chi connectivity index (χ0n) is 15.9. The lowest BCUT2D eigenvalue weighted by Gasteiger charge is -2.13. The number of rotatable bonds is 8. The van der Waals surface area contributed by atoms with Gasteiger partial charge in [-0.3, -0.25) is 5.43 Å². The van der Waals surface area contributed by atoms with Crippen LogP contribution in [0.15, 0.2) is 66.3 Å². The number of nitrogens with zero attached hydrogens (tertiary/aromatic N) is 2. The highest BCUT2D eigenvalue weighted by Crippen LogP contribution is 2.25. The van der Waals surface area contributed by atoms with Gasteiger partial charge in [0.25, 0.3) is 0 Å². The van der Waals surface area contributed by atoms with Crippen LogP contribution < -0.4 is 15.9 Å². The predicted octanol–water partition coefficient (Wildman–Crippen LogP) is 3.92. The molecule has 0 atom stereocenters. The Morgan fingerprint density at radius 3 is 2.79 bits per heavy atom. The average molecular weight is 393 g/mol. The number of nitrogens with one attached hydrogen (secondary N) is 1. The van der Waals surface area contributed by atoms with Crippen LogP contribution in [0.5, 0.6) is 5.75 Å². The van der Waals surface area contributed by atoms with E-state index in [1.807, 2.05) is 36.4 Å². The zero-order valence-corrected chi connectivity index (χ0v) is 16.7. The molecule has 5 nitrogen and oxygen atoms in total. The average Bonchev–Trinajstić information content (AvgIpc) is 2.95. The fourth-order valence-electron chi connectivity index (χ4n) is 3.28. The molecule has 0 saturated carbocycles. The molecular formula is C22H24N4OS. The number of fused-ring (bicyclic) bond motifs is 1. The molecule has 1 aromatic heterocycles. The molecule has 0 aliphatic rings. The molecule has 0 radical (unpaired) electrons. The minimum atomic E-state index is 0.143. The van der Waals surface area contributed by atoms with Crippen LogP contribution in [-0.2, 0) is 13.0 Å². The minimum absolute atomic E-state index is 0.143. The monoisotopic (exact) mass is 392 g/mol. The van der Waals surface area contributed by atoms with Gasteiger partial charge >= 0.3 is 0 Å². The van der Waals surface area contributed by atoms with Gasteiger partial charge in [0.1, 0.15) is 12.4 Å². The molecule has 0 spiro atoms. The molecule has 1 heterocycles. The number of thiocarbonyl (C=S) groups is 1. The molecule has 3 aromatic rings. The number of benzene rings is 2. The third-order valence-corrected chi connectivity index (χ3v) is 4.65. The Morgan fingerprint density at radius 1 is 1.25 bits per heavy atom. The Morgan fingerprint density at radius 2 is 2.00 bits per heavy atom. The summed E-state index contributed by atoms with van der Waals surface area (Å²) in [6, 6.07) is 16.3. The second-order valence-electron chi connectivity index (χ2n) is 6.35. The lowest BCUT2D eigenvalue weighted by Crippen LogP contribution is -2.24. The fraction of sp³-hybridized carbons (Fsp3) is 0.182. The first-order chi connectivity index (χ1) is 13.6. The molecule has 0 bridgehead atoms. The Kier molecular flexibility index (Phi) is 6.45. The van der Waals surface area contributed by atoms with E-state index < -0.39 is 0 Å². The van der Waals surface area contributed by atoms with Crippen LogP contribution >= 0.6 is 12.2 Å². The quantitative estimate of drug-likeness (QED) is 0.264. The van der Waals surface area contributed by atoms with E-state index in [0.717, 1.165) is 46.4 Å². The number of ether oxygens (including phenoxy) is 1. The van der Waals surface area contributed by atoms with Gasteiger partial charge in [0.2, 0.25) is 0 Å². The Labute approximate surface area is 170 Å². The first kappa shape index (κ1) is 19.6. The van der Waals surface area contributed by atoms with Crippen LogP contribution in [-0.4, -0.2) is 22.5 Å². The van der Waals surface area contributed by atoms with Crippen molar-refractivity contribution >= 4 is 34.4 Å². The summed E-state index contributed by atoms with van der Waals surface area (Å²) in [7, 11) is 0. The molecule has 0 fully saturated rings. The van der Waals surface area contributed by atoms with Crippen LogP contribution in [0.3, 0.4) is 0 Å². The summed E-state index contributed by atoms with van der Waals surface area (Å²) >= 11 is 4.80. The van der Waals surface area contributed by atoms with Crippen molar-refractivity contribution in [2.24, 2.45) is 10.8 Å². The van der Waals surface area contributed by atoms with Gasteiger partial charge in [-0.25, -0.2) is 0 Å². The lowest BCUT2D eigenvalue weighted by molar-refractivity contribution is 0.297. The van der Waals surface area contributed by atoms with E-state index in [9.17, 15) is 0 Å². The predicted molar refractivity (Wildman–Crippen MR) is 120 cm³/mol.